The van der Waals surface area contributed by atoms with Crippen LogP contribution in [-0.4, -0.2) is 59.0 Å². The number of likely N-dealkylation sites (tertiary alicyclic amines) is 1. The molecule has 1 N–H and O–H groups in total. The Balaban J connectivity index is 1.48. The molecule has 3 aromatic carbocycles. The standard InChI is InChI=1S/C29H31FN2O3/c1-31(18-8-9-21-14-16-24(30)17-15-21)25-19-26(29(34)35)32(20-25)28(33)27(22-10-4-2-5-11-22)23-12-6-3-7-13-23/h2-7,10-17,25-27H,8-9,18-20H2,1H3,(H,34,35). The van der Waals surface area contributed by atoms with Crippen molar-refractivity contribution in [3.8, 4) is 0 Å². The third-order valence-corrected chi connectivity index (χ3v) is 6.87. The van der Waals surface area contributed by atoms with Gasteiger partial charge in [-0.25, -0.2) is 9.18 Å². The maximum absolute atomic E-state index is 13.9. The molecule has 4 rings (SSSR count). The van der Waals surface area contributed by atoms with Gasteiger partial charge < -0.3 is 14.9 Å². The van der Waals surface area contributed by atoms with E-state index in [1.807, 2.05) is 67.7 Å². The van der Waals surface area contributed by atoms with E-state index in [1.54, 1.807) is 17.0 Å². The summed E-state index contributed by atoms with van der Waals surface area (Å²) in [6.07, 6.45) is 2.07. The number of carboxylic acid groups (broad SMARTS) is 1. The highest BCUT2D eigenvalue weighted by Gasteiger charge is 2.43. The number of likely N-dealkylation sites (N-methyl/N-ethyl adjacent to an activating group) is 1. The molecule has 1 aliphatic heterocycles. The van der Waals surface area contributed by atoms with E-state index in [9.17, 15) is 19.1 Å². The summed E-state index contributed by atoms with van der Waals surface area (Å²) >= 11 is 0. The molecule has 1 aliphatic rings. The molecule has 0 saturated carbocycles. The summed E-state index contributed by atoms with van der Waals surface area (Å²) in [7, 11) is 1.98. The summed E-state index contributed by atoms with van der Waals surface area (Å²) in [5.74, 6) is -1.95. The Morgan fingerprint density at radius 1 is 0.971 bits per heavy atom. The number of nitrogens with zero attached hydrogens (tertiary/aromatic N) is 2. The first-order valence-electron chi connectivity index (χ1n) is 12.0. The lowest BCUT2D eigenvalue weighted by Gasteiger charge is -2.28. The van der Waals surface area contributed by atoms with Crippen LogP contribution in [0.5, 0.6) is 0 Å². The van der Waals surface area contributed by atoms with Gasteiger partial charge in [0.2, 0.25) is 5.91 Å². The van der Waals surface area contributed by atoms with Crippen LogP contribution in [0.2, 0.25) is 0 Å². The fraction of sp³-hybridized carbons (Fsp3) is 0.310. The van der Waals surface area contributed by atoms with Gasteiger partial charge in [0.15, 0.2) is 0 Å². The van der Waals surface area contributed by atoms with Gasteiger partial charge >= 0.3 is 5.97 Å². The molecule has 1 saturated heterocycles. The lowest BCUT2D eigenvalue weighted by atomic mass is 9.90. The molecule has 2 atom stereocenters. The second kappa shape index (κ2) is 11.3. The maximum atomic E-state index is 13.9. The highest BCUT2D eigenvalue weighted by Crippen LogP contribution is 2.31. The van der Waals surface area contributed by atoms with Crippen LogP contribution in [0.25, 0.3) is 0 Å². The van der Waals surface area contributed by atoms with Gasteiger partial charge in [-0.2, -0.15) is 0 Å². The fourth-order valence-corrected chi connectivity index (χ4v) is 4.91. The molecule has 2 unspecified atom stereocenters. The van der Waals surface area contributed by atoms with Gasteiger partial charge in [0.05, 0.1) is 5.92 Å². The Hall–Kier alpha value is -3.51. The van der Waals surface area contributed by atoms with Crippen LogP contribution in [0.3, 0.4) is 0 Å². The Kier molecular flexibility index (Phi) is 7.93. The van der Waals surface area contributed by atoms with Gasteiger partial charge in [0.25, 0.3) is 0 Å². The van der Waals surface area contributed by atoms with E-state index in [2.05, 4.69) is 4.90 Å². The summed E-state index contributed by atoms with van der Waals surface area (Å²) < 4.78 is 13.1. The number of hydrogen-bond donors (Lipinski definition) is 1. The van der Waals surface area contributed by atoms with Crippen molar-refractivity contribution in [2.75, 3.05) is 20.1 Å². The largest absolute Gasteiger partial charge is 0.480 e. The molecule has 1 fully saturated rings. The number of carboxylic acids is 1. The zero-order valence-corrected chi connectivity index (χ0v) is 19.9. The minimum absolute atomic E-state index is 0.0412. The summed E-state index contributed by atoms with van der Waals surface area (Å²) in [5.41, 5.74) is 2.77. The molecular weight excluding hydrogens is 443 g/mol. The predicted molar refractivity (Wildman–Crippen MR) is 134 cm³/mol. The maximum Gasteiger partial charge on any atom is 0.326 e. The van der Waals surface area contributed by atoms with Crippen molar-refractivity contribution in [1.29, 1.82) is 0 Å². The summed E-state index contributed by atoms with van der Waals surface area (Å²) in [6.45, 7) is 1.14. The van der Waals surface area contributed by atoms with E-state index < -0.39 is 17.9 Å². The van der Waals surface area contributed by atoms with Crippen LogP contribution in [0.15, 0.2) is 84.9 Å². The molecule has 0 aliphatic carbocycles. The first-order chi connectivity index (χ1) is 16.9. The van der Waals surface area contributed by atoms with Gasteiger partial charge in [-0.1, -0.05) is 72.8 Å². The van der Waals surface area contributed by atoms with E-state index in [0.717, 1.165) is 36.1 Å². The highest BCUT2D eigenvalue weighted by molar-refractivity contribution is 5.91. The van der Waals surface area contributed by atoms with Gasteiger partial charge in [-0.3, -0.25) is 4.79 Å². The molecule has 3 aromatic rings. The monoisotopic (exact) mass is 474 g/mol. The predicted octanol–water partition coefficient (Wildman–Crippen LogP) is 4.58. The zero-order valence-electron chi connectivity index (χ0n) is 19.9. The van der Waals surface area contributed by atoms with E-state index in [4.69, 9.17) is 0 Å². The molecule has 1 amide bonds. The van der Waals surface area contributed by atoms with Crippen LogP contribution in [0.4, 0.5) is 4.39 Å². The molecule has 0 spiro atoms. The molecule has 0 radical (unpaired) electrons. The number of hydrogen-bond acceptors (Lipinski definition) is 3. The normalized spacial score (nSPS) is 17.8. The summed E-state index contributed by atoms with van der Waals surface area (Å²) in [4.78, 5) is 29.7. The molecule has 0 aromatic heterocycles. The van der Waals surface area contributed by atoms with Crippen molar-refractivity contribution in [3.63, 3.8) is 0 Å². The highest BCUT2D eigenvalue weighted by atomic mass is 19.1. The number of amides is 1. The number of carbonyl (C=O) groups is 2. The molecular formula is C29H31FN2O3. The number of benzene rings is 3. The number of carbonyl (C=O) groups excluding carboxylic acids is 1. The minimum atomic E-state index is -0.972. The molecule has 182 valence electrons. The van der Waals surface area contributed by atoms with Crippen molar-refractivity contribution >= 4 is 11.9 Å². The number of aliphatic carboxylic acids is 1. The van der Waals surface area contributed by atoms with Gasteiger partial charge in [-0.05, 0) is 61.7 Å². The average Bonchev–Trinajstić information content (AvgIpc) is 3.33. The lowest BCUT2D eigenvalue weighted by molar-refractivity contribution is -0.148. The lowest BCUT2D eigenvalue weighted by Crippen LogP contribution is -2.43. The van der Waals surface area contributed by atoms with Crippen LogP contribution in [0.1, 0.15) is 35.4 Å². The number of rotatable bonds is 9. The van der Waals surface area contributed by atoms with Crippen molar-refractivity contribution < 1.29 is 19.1 Å². The van der Waals surface area contributed by atoms with Crippen LogP contribution in [-0.2, 0) is 16.0 Å². The minimum Gasteiger partial charge on any atom is -0.480 e. The van der Waals surface area contributed by atoms with E-state index in [1.165, 1.54) is 12.1 Å². The Bertz CT molecular complexity index is 1080. The van der Waals surface area contributed by atoms with Crippen molar-refractivity contribution in [3.05, 3.63) is 107 Å². The quantitative estimate of drug-likeness (QED) is 0.493. The zero-order chi connectivity index (χ0) is 24.8. The third-order valence-electron chi connectivity index (χ3n) is 6.87. The van der Waals surface area contributed by atoms with Gasteiger partial charge in [0, 0.05) is 12.6 Å². The molecule has 1 heterocycles. The topological polar surface area (TPSA) is 60.9 Å². The first kappa shape index (κ1) is 24.6. The smallest absolute Gasteiger partial charge is 0.326 e. The summed E-state index contributed by atoms with van der Waals surface area (Å²) in [5, 5.41) is 9.96. The van der Waals surface area contributed by atoms with E-state index in [0.29, 0.717) is 13.0 Å². The number of aryl methyl sites for hydroxylation is 1. The van der Waals surface area contributed by atoms with E-state index >= 15 is 0 Å². The van der Waals surface area contributed by atoms with Crippen LogP contribution in [0, 0.1) is 5.82 Å². The fourth-order valence-electron chi connectivity index (χ4n) is 4.91. The molecule has 6 heteroatoms. The van der Waals surface area contributed by atoms with Crippen LogP contribution >= 0.6 is 0 Å². The molecule has 5 nitrogen and oxygen atoms in total. The average molecular weight is 475 g/mol. The van der Waals surface area contributed by atoms with E-state index in [-0.39, 0.29) is 17.8 Å². The van der Waals surface area contributed by atoms with Crippen LogP contribution < -0.4 is 0 Å². The second-order valence-corrected chi connectivity index (χ2v) is 9.20. The molecule has 35 heavy (non-hydrogen) atoms. The van der Waals surface area contributed by atoms with Gasteiger partial charge in [-0.15, -0.1) is 0 Å². The summed E-state index contributed by atoms with van der Waals surface area (Å²) in [6, 6.07) is 24.7. The Morgan fingerprint density at radius 2 is 1.54 bits per heavy atom. The third kappa shape index (κ3) is 5.95. The molecule has 0 bridgehead atoms. The Labute approximate surface area is 205 Å². The van der Waals surface area contributed by atoms with Gasteiger partial charge in [0.1, 0.15) is 11.9 Å². The SMILES string of the molecule is CN(CCCc1ccc(F)cc1)C1CC(C(=O)O)N(C(=O)C(c2ccccc2)c2ccccc2)C1. The first-order valence-corrected chi connectivity index (χ1v) is 12.0. The van der Waals surface area contributed by atoms with Crippen molar-refractivity contribution in [2.24, 2.45) is 0 Å². The number of halogens is 1. The van der Waals surface area contributed by atoms with Crippen molar-refractivity contribution in [1.82, 2.24) is 9.80 Å². The second-order valence-electron chi connectivity index (χ2n) is 9.20. The Morgan fingerprint density at radius 3 is 2.09 bits per heavy atom. The van der Waals surface area contributed by atoms with Crippen molar-refractivity contribution in [2.45, 2.75) is 37.3 Å².